The Bertz CT molecular complexity index is 458. The van der Waals surface area contributed by atoms with Crippen molar-refractivity contribution < 1.29 is 5.11 Å². The maximum absolute atomic E-state index is 11.7. The summed E-state index contributed by atoms with van der Waals surface area (Å²) in [5, 5.41) is 11.7. The molecule has 0 spiro atoms. The van der Waals surface area contributed by atoms with Crippen molar-refractivity contribution >= 4 is 0 Å². The van der Waals surface area contributed by atoms with Gasteiger partial charge >= 0.3 is 0 Å². The van der Waals surface area contributed by atoms with Gasteiger partial charge in [0.2, 0.25) is 0 Å². The Kier molecular flexibility index (Phi) is 3.12. The van der Waals surface area contributed by atoms with E-state index < -0.39 is 5.60 Å². The zero-order chi connectivity index (χ0) is 13.6. The van der Waals surface area contributed by atoms with Gasteiger partial charge in [-0.15, -0.1) is 0 Å². The fourth-order valence-corrected chi connectivity index (χ4v) is 5.18. The van der Waals surface area contributed by atoms with Crippen LogP contribution in [-0.4, -0.2) is 29.1 Å². The molecule has 0 aromatic heterocycles. The van der Waals surface area contributed by atoms with Gasteiger partial charge in [-0.25, -0.2) is 0 Å². The van der Waals surface area contributed by atoms with Crippen molar-refractivity contribution in [3.63, 3.8) is 0 Å². The summed E-state index contributed by atoms with van der Waals surface area (Å²) in [5.74, 6) is 1.16. The summed E-state index contributed by atoms with van der Waals surface area (Å²) in [4.78, 5) is 2.60. The number of aliphatic hydroxyl groups is 1. The molecule has 2 unspecified atom stereocenters. The molecule has 1 aliphatic heterocycles. The molecule has 2 heteroatoms. The molecule has 1 saturated heterocycles. The number of hydrogen-bond donors (Lipinski definition) is 1. The summed E-state index contributed by atoms with van der Waals surface area (Å²) in [7, 11) is 0. The van der Waals surface area contributed by atoms with E-state index >= 15 is 0 Å². The Labute approximate surface area is 121 Å². The number of hydrogen-bond acceptors (Lipinski definition) is 2. The first-order valence-corrected chi connectivity index (χ1v) is 8.32. The van der Waals surface area contributed by atoms with Gasteiger partial charge in [0.25, 0.3) is 0 Å². The van der Waals surface area contributed by atoms with Crippen molar-refractivity contribution in [2.45, 2.75) is 50.2 Å². The number of benzene rings is 1. The molecule has 3 saturated carbocycles. The predicted molar refractivity (Wildman–Crippen MR) is 80.4 cm³/mol. The van der Waals surface area contributed by atoms with Crippen LogP contribution < -0.4 is 0 Å². The van der Waals surface area contributed by atoms with E-state index in [1.54, 1.807) is 0 Å². The van der Waals surface area contributed by atoms with Crippen LogP contribution in [0.4, 0.5) is 0 Å². The Morgan fingerprint density at radius 3 is 2.25 bits per heavy atom. The first-order valence-electron chi connectivity index (χ1n) is 8.32. The molecule has 1 heterocycles. The second-order valence-corrected chi connectivity index (χ2v) is 6.99. The molecule has 20 heavy (non-hydrogen) atoms. The van der Waals surface area contributed by atoms with E-state index in [0.717, 1.165) is 5.56 Å². The summed E-state index contributed by atoms with van der Waals surface area (Å²) in [6, 6.07) is 10.9. The highest BCUT2D eigenvalue weighted by Crippen LogP contribution is 2.54. The zero-order valence-electron chi connectivity index (χ0n) is 12.2. The lowest BCUT2D eigenvalue weighted by molar-refractivity contribution is -0.165. The average Bonchev–Trinajstić information content (AvgIpc) is 3.03. The van der Waals surface area contributed by atoms with Crippen molar-refractivity contribution in [1.29, 1.82) is 0 Å². The van der Waals surface area contributed by atoms with Crippen LogP contribution >= 0.6 is 0 Å². The maximum atomic E-state index is 11.7. The van der Waals surface area contributed by atoms with E-state index in [1.807, 2.05) is 0 Å². The molecule has 2 atom stereocenters. The van der Waals surface area contributed by atoms with Crippen LogP contribution in [0.15, 0.2) is 30.3 Å². The largest absolute Gasteiger partial charge is 0.383 e. The topological polar surface area (TPSA) is 23.5 Å². The summed E-state index contributed by atoms with van der Waals surface area (Å²) in [6.07, 6.45) is 7.67. The summed E-state index contributed by atoms with van der Waals surface area (Å²) in [5.41, 5.74) is 0.554. The normalized spacial score (nSPS) is 41.1. The quantitative estimate of drug-likeness (QED) is 0.893. The van der Waals surface area contributed by atoms with Crippen LogP contribution in [0, 0.1) is 11.8 Å². The summed E-state index contributed by atoms with van der Waals surface area (Å²) < 4.78 is 0. The SMILES string of the molecule is OC1(c2ccccc2)C2CCC(CC2)C1N1CCCC1. The molecule has 4 aliphatic rings. The fourth-order valence-electron chi connectivity index (χ4n) is 5.18. The summed E-state index contributed by atoms with van der Waals surface area (Å²) in [6.45, 7) is 2.37. The van der Waals surface area contributed by atoms with E-state index in [9.17, 15) is 5.11 Å². The smallest absolute Gasteiger partial charge is 0.108 e. The molecule has 1 aromatic rings. The van der Waals surface area contributed by atoms with Crippen LogP contribution in [0.1, 0.15) is 44.1 Å². The van der Waals surface area contributed by atoms with Gasteiger partial charge in [0.15, 0.2) is 0 Å². The molecule has 5 rings (SSSR count). The maximum Gasteiger partial charge on any atom is 0.108 e. The van der Waals surface area contributed by atoms with Crippen LogP contribution in [0.2, 0.25) is 0 Å². The van der Waals surface area contributed by atoms with Crippen molar-refractivity contribution in [3.05, 3.63) is 35.9 Å². The highest BCUT2D eigenvalue weighted by molar-refractivity contribution is 5.28. The lowest BCUT2D eigenvalue weighted by Gasteiger charge is -2.57. The van der Waals surface area contributed by atoms with Crippen LogP contribution in [0.5, 0.6) is 0 Å². The van der Waals surface area contributed by atoms with E-state index in [-0.39, 0.29) is 0 Å². The number of nitrogens with zero attached hydrogens (tertiary/aromatic N) is 1. The van der Waals surface area contributed by atoms with Gasteiger partial charge in [-0.1, -0.05) is 30.3 Å². The van der Waals surface area contributed by atoms with Gasteiger partial charge in [-0.05, 0) is 69.0 Å². The fraction of sp³-hybridized carbons (Fsp3) is 0.667. The molecule has 0 amide bonds. The monoisotopic (exact) mass is 271 g/mol. The van der Waals surface area contributed by atoms with Gasteiger partial charge in [-0.2, -0.15) is 0 Å². The minimum absolute atomic E-state index is 0.361. The zero-order valence-corrected chi connectivity index (χ0v) is 12.2. The molecular weight excluding hydrogens is 246 g/mol. The molecule has 2 nitrogen and oxygen atoms in total. The molecule has 1 aromatic carbocycles. The van der Waals surface area contributed by atoms with Crippen LogP contribution in [-0.2, 0) is 5.60 Å². The minimum Gasteiger partial charge on any atom is -0.383 e. The third-order valence-corrected chi connectivity index (χ3v) is 6.06. The molecule has 4 fully saturated rings. The number of rotatable bonds is 2. The first-order chi connectivity index (χ1) is 9.80. The lowest BCUT2D eigenvalue weighted by atomic mass is 9.56. The molecular formula is C18H25NO. The summed E-state index contributed by atoms with van der Waals surface area (Å²) >= 11 is 0. The third-order valence-electron chi connectivity index (χ3n) is 6.06. The van der Waals surface area contributed by atoms with E-state index in [1.165, 1.54) is 51.6 Å². The standard InChI is InChI=1S/C18H25NO/c20-18(15-6-2-1-3-7-15)16-10-8-14(9-11-16)17(18)19-12-4-5-13-19/h1-3,6-7,14,16-17,20H,4-5,8-13H2. The Hall–Kier alpha value is -0.860. The van der Waals surface area contributed by atoms with Crippen molar-refractivity contribution in [1.82, 2.24) is 4.90 Å². The van der Waals surface area contributed by atoms with Crippen LogP contribution in [0.25, 0.3) is 0 Å². The van der Waals surface area contributed by atoms with Gasteiger partial charge in [-0.3, -0.25) is 4.90 Å². The number of likely N-dealkylation sites (tertiary alicyclic amines) is 1. The third kappa shape index (κ3) is 1.78. The number of fused-ring (bicyclic) bond motifs is 3. The Morgan fingerprint density at radius 2 is 1.60 bits per heavy atom. The van der Waals surface area contributed by atoms with Gasteiger partial charge < -0.3 is 5.11 Å². The average molecular weight is 271 g/mol. The van der Waals surface area contributed by atoms with Crippen molar-refractivity contribution in [3.8, 4) is 0 Å². The molecule has 3 aliphatic carbocycles. The molecule has 0 radical (unpaired) electrons. The van der Waals surface area contributed by atoms with E-state index in [4.69, 9.17) is 0 Å². The van der Waals surface area contributed by atoms with Gasteiger partial charge in [0.1, 0.15) is 5.60 Å². The van der Waals surface area contributed by atoms with Crippen molar-refractivity contribution in [2.75, 3.05) is 13.1 Å². The molecule has 108 valence electrons. The minimum atomic E-state index is -0.604. The van der Waals surface area contributed by atoms with Gasteiger partial charge in [0.05, 0.1) is 0 Å². The Balaban J connectivity index is 1.77. The molecule has 2 bridgehead atoms. The predicted octanol–water partition coefficient (Wildman–Crippen LogP) is 3.16. The highest BCUT2D eigenvalue weighted by atomic mass is 16.3. The van der Waals surface area contributed by atoms with E-state index in [0.29, 0.717) is 17.9 Å². The lowest BCUT2D eigenvalue weighted by Crippen LogP contribution is -2.62. The Morgan fingerprint density at radius 1 is 0.950 bits per heavy atom. The highest BCUT2D eigenvalue weighted by Gasteiger charge is 2.56. The molecule has 1 N–H and O–H groups in total. The first kappa shape index (κ1) is 12.8. The van der Waals surface area contributed by atoms with Crippen molar-refractivity contribution in [2.24, 2.45) is 11.8 Å². The van der Waals surface area contributed by atoms with Gasteiger partial charge in [0, 0.05) is 6.04 Å². The van der Waals surface area contributed by atoms with E-state index in [2.05, 4.69) is 35.2 Å². The van der Waals surface area contributed by atoms with Crippen LogP contribution in [0.3, 0.4) is 0 Å². The second-order valence-electron chi connectivity index (χ2n) is 6.99. The second kappa shape index (κ2) is 4.85.